The molecule has 0 spiro atoms. The zero-order chi connectivity index (χ0) is 17.3. The number of carbonyl (C=O) groups excluding carboxylic acids is 2. The molecule has 5 nitrogen and oxygen atoms in total. The zero-order valence-electron chi connectivity index (χ0n) is 14.3. The van der Waals surface area contributed by atoms with Crippen LogP contribution < -0.4 is 0 Å². The minimum Gasteiger partial charge on any atom is -0.361 e. The van der Waals surface area contributed by atoms with Crippen molar-refractivity contribution >= 4 is 34.5 Å². The van der Waals surface area contributed by atoms with Gasteiger partial charge in [0.1, 0.15) is 6.04 Å². The van der Waals surface area contributed by atoms with E-state index in [9.17, 15) is 9.59 Å². The molecule has 1 saturated heterocycles. The van der Waals surface area contributed by atoms with Crippen LogP contribution in [0.25, 0.3) is 10.9 Å². The summed E-state index contributed by atoms with van der Waals surface area (Å²) in [6, 6.07) is 7.74. The van der Waals surface area contributed by atoms with Gasteiger partial charge >= 0.3 is 0 Å². The number of hydrogen-bond acceptors (Lipinski definition) is 3. The van der Waals surface area contributed by atoms with Crippen LogP contribution in [-0.2, 0) is 16.0 Å². The topological polar surface area (TPSA) is 56.4 Å². The number of aromatic nitrogens is 1. The zero-order valence-corrected chi connectivity index (χ0v) is 15.1. The van der Waals surface area contributed by atoms with E-state index >= 15 is 0 Å². The minimum absolute atomic E-state index is 0.0141. The summed E-state index contributed by atoms with van der Waals surface area (Å²) in [5.74, 6) is 1.31. The van der Waals surface area contributed by atoms with Crippen molar-refractivity contribution in [2.24, 2.45) is 0 Å². The Labute approximate surface area is 146 Å². The van der Waals surface area contributed by atoms with E-state index in [1.165, 1.54) is 0 Å². The summed E-state index contributed by atoms with van der Waals surface area (Å²) < 4.78 is 0. The van der Waals surface area contributed by atoms with Crippen molar-refractivity contribution in [3.8, 4) is 0 Å². The summed E-state index contributed by atoms with van der Waals surface area (Å²) >= 11 is 1.64. The Hall–Kier alpha value is -1.95. The third-order valence-electron chi connectivity index (χ3n) is 4.63. The van der Waals surface area contributed by atoms with Gasteiger partial charge in [-0.2, -0.15) is 0 Å². The highest BCUT2D eigenvalue weighted by Gasteiger charge is 2.36. The Morgan fingerprint density at radius 3 is 2.88 bits per heavy atom. The van der Waals surface area contributed by atoms with Crippen molar-refractivity contribution in [3.05, 3.63) is 36.0 Å². The number of amides is 2. The van der Waals surface area contributed by atoms with E-state index in [1.807, 2.05) is 44.3 Å². The van der Waals surface area contributed by atoms with Gasteiger partial charge in [-0.25, -0.2) is 0 Å². The summed E-state index contributed by atoms with van der Waals surface area (Å²) in [6.07, 6.45) is 2.21. The molecule has 1 atom stereocenters. The van der Waals surface area contributed by atoms with Crippen LogP contribution in [0.15, 0.2) is 30.5 Å². The number of nitrogens with one attached hydrogen (secondary N) is 1. The van der Waals surface area contributed by atoms with E-state index in [-0.39, 0.29) is 23.9 Å². The molecule has 0 radical (unpaired) electrons. The lowest BCUT2D eigenvalue weighted by Gasteiger charge is -2.29. The lowest BCUT2D eigenvalue weighted by atomic mass is 10.1. The van der Waals surface area contributed by atoms with Crippen LogP contribution in [0.1, 0.15) is 19.4 Å². The smallest absolute Gasteiger partial charge is 0.246 e. The average molecular weight is 345 g/mol. The molecule has 24 heavy (non-hydrogen) atoms. The second-order valence-corrected chi connectivity index (χ2v) is 7.46. The standard InChI is InChI=1S/C18H23N3O2S/c1-12(2)20(3)18(23)16-10-24-11-21(16)17(22)8-13-9-19-15-7-5-4-6-14(13)15/h4-7,9,12,16,19H,8,10-11H2,1-3H3/t16-/m0/s1. The van der Waals surface area contributed by atoms with Crippen molar-refractivity contribution in [1.29, 1.82) is 0 Å². The first-order valence-electron chi connectivity index (χ1n) is 8.18. The summed E-state index contributed by atoms with van der Waals surface area (Å²) in [7, 11) is 1.80. The van der Waals surface area contributed by atoms with Crippen LogP contribution in [0.5, 0.6) is 0 Å². The molecule has 1 fully saturated rings. The summed E-state index contributed by atoms with van der Waals surface area (Å²) in [5.41, 5.74) is 2.01. The van der Waals surface area contributed by atoms with Gasteiger partial charge in [-0.3, -0.25) is 9.59 Å². The molecule has 1 aliphatic heterocycles. The molecule has 2 heterocycles. The van der Waals surface area contributed by atoms with Crippen LogP contribution in [0.2, 0.25) is 0 Å². The van der Waals surface area contributed by atoms with Gasteiger partial charge in [0.2, 0.25) is 11.8 Å². The maximum atomic E-state index is 12.8. The molecule has 0 saturated carbocycles. The van der Waals surface area contributed by atoms with Crippen LogP contribution in [-0.4, -0.2) is 57.4 Å². The predicted molar refractivity (Wildman–Crippen MR) is 97.9 cm³/mol. The monoisotopic (exact) mass is 345 g/mol. The number of benzene rings is 1. The molecule has 1 aromatic carbocycles. The SMILES string of the molecule is CC(C)N(C)C(=O)[C@@H]1CSCN1C(=O)Cc1c[nH]c2ccccc12. The molecule has 1 N–H and O–H groups in total. The number of H-pyrrole nitrogens is 1. The molecule has 3 rings (SSSR count). The first-order valence-corrected chi connectivity index (χ1v) is 9.33. The van der Waals surface area contributed by atoms with E-state index < -0.39 is 0 Å². The second kappa shape index (κ2) is 6.89. The van der Waals surface area contributed by atoms with Gasteiger partial charge in [0.05, 0.1) is 12.3 Å². The van der Waals surface area contributed by atoms with E-state index in [0.29, 0.717) is 18.1 Å². The molecule has 0 unspecified atom stereocenters. The van der Waals surface area contributed by atoms with E-state index in [2.05, 4.69) is 4.98 Å². The number of aromatic amines is 1. The summed E-state index contributed by atoms with van der Waals surface area (Å²) in [5, 5.41) is 1.07. The Kier molecular flexibility index (Phi) is 4.85. The molecule has 128 valence electrons. The van der Waals surface area contributed by atoms with Gasteiger partial charge < -0.3 is 14.8 Å². The maximum absolute atomic E-state index is 12.8. The van der Waals surface area contributed by atoms with Crippen molar-refractivity contribution in [2.45, 2.75) is 32.4 Å². The Bertz CT molecular complexity index is 756. The Morgan fingerprint density at radius 1 is 1.38 bits per heavy atom. The van der Waals surface area contributed by atoms with Crippen molar-refractivity contribution in [3.63, 3.8) is 0 Å². The third-order valence-corrected chi connectivity index (χ3v) is 5.64. The number of nitrogens with zero attached hydrogens (tertiary/aromatic N) is 2. The van der Waals surface area contributed by atoms with Crippen LogP contribution in [0.3, 0.4) is 0 Å². The highest BCUT2D eigenvalue weighted by molar-refractivity contribution is 7.99. The molecular formula is C18H23N3O2S. The highest BCUT2D eigenvalue weighted by atomic mass is 32.2. The number of hydrogen-bond donors (Lipinski definition) is 1. The van der Waals surface area contributed by atoms with Gasteiger partial charge in [-0.15, -0.1) is 11.8 Å². The van der Waals surface area contributed by atoms with Crippen LogP contribution in [0.4, 0.5) is 0 Å². The largest absolute Gasteiger partial charge is 0.361 e. The molecule has 1 aliphatic rings. The average Bonchev–Trinajstić information content (AvgIpc) is 3.21. The first kappa shape index (κ1) is 16.9. The third kappa shape index (κ3) is 3.15. The molecular weight excluding hydrogens is 322 g/mol. The fourth-order valence-electron chi connectivity index (χ4n) is 2.92. The normalized spacial score (nSPS) is 17.7. The fourth-order valence-corrected chi connectivity index (χ4v) is 4.10. The Morgan fingerprint density at radius 2 is 2.12 bits per heavy atom. The molecule has 6 heteroatoms. The van der Waals surface area contributed by atoms with Gasteiger partial charge in [0.25, 0.3) is 0 Å². The number of fused-ring (bicyclic) bond motifs is 1. The first-order chi connectivity index (χ1) is 11.5. The number of likely N-dealkylation sites (N-methyl/N-ethyl adjacent to an activating group) is 1. The predicted octanol–water partition coefficient (Wildman–Crippen LogP) is 2.48. The molecule has 2 amide bonds. The van der Waals surface area contributed by atoms with E-state index in [4.69, 9.17) is 0 Å². The molecule has 0 aliphatic carbocycles. The van der Waals surface area contributed by atoms with E-state index in [1.54, 1.807) is 28.6 Å². The number of para-hydroxylation sites is 1. The summed E-state index contributed by atoms with van der Waals surface area (Å²) in [4.78, 5) is 32.1. The number of rotatable bonds is 4. The lowest BCUT2D eigenvalue weighted by molar-refractivity contribution is -0.143. The molecule has 2 aromatic rings. The minimum atomic E-state index is -0.347. The van der Waals surface area contributed by atoms with Crippen LogP contribution in [0, 0.1) is 0 Å². The van der Waals surface area contributed by atoms with Crippen molar-refractivity contribution in [2.75, 3.05) is 18.7 Å². The highest BCUT2D eigenvalue weighted by Crippen LogP contribution is 2.25. The second-order valence-electron chi connectivity index (χ2n) is 6.46. The summed E-state index contributed by atoms with van der Waals surface area (Å²) in [6.45, 7) is 3.97. The molecule has 0 bridgehead atoms. The quantitative estimate of drug-likeness (QED) is 0.926. The fraction of sp³-hybridized carbons (Fsp3) is 0.444. The van der Waals surface area contributed by atoms with Crippen molar-refractivity contribution < 1.29 is 9.59 Å². The van der Waals surface area contributed by atoms with Gasteiger partial charge in [0, 0.05) is 35.9 Å². The maximum Gasteiger partial charge on any atom is 0.246 e. The number of thioether (sulfide) groups is 1. The van der Waals surface area contributed by atoms with Gasteiger partial charge in [-0.05, 0) is 25.5 Å². The Balaban J connectivity index is 1.75. The van der Waals surface area contributed by atoms with Gasteiger partial charge in [0.15, 0.2) is 0 Å². The van der Waals surface area contributed by atoms with Crippen molar-refractivity contribution in [1.82, 2.24) is 14.8 Å². The lowest BCUT2D eigenvalue weighted by Crippen LogP contribution is -2.49. The number of carbonyl (C=O) groups is 2. The van der Waals surface area contributed by atoms with Gasteiger partial charge in [-0.1, -0.05) is 18.2 Å². The van der Waals surface area contributed by atoms with E-state index in [0.717, 1.165) is 16.5 Å². The molecule has 1 aromatic heterocycles. The van der Waals surface area contributed by atoms with Crippen LogP contribution >= 0.6 is 11.8 Å².